The number of H-pyrrole nitrogens is 1. The van der Waals surface area contributed by atoms with Gasteiger partial charge in [-0.25, -0.2) is 0 Å². The van der Waals surface area contributed by atoms with Crippen molar-refractivity contribution in [2.75, 3.05) is 11.4 Å². The largest absolute Gasteiger partial charge is 0.359 e. The van der Waals surface area contributed by atoms with Crippen LogP contribution in [0.4, 0.5) is 5.69 Å². The number of aromatic amines is 1. The number of hydrogen-bond donors (Lipinski definition) is 1. The molecule has 1 aliphatic rings. The number of para-hydroxylation sites is 1. The molecule has 1 saturated heterocycles. The number of carbonyl (C=O) groups is 1. The molecule has 0 aliphatic carbocycles. The van der Waals surface area contributed by atoms with E-state index in [9.17, 15) is 4.79 Å². The van der Waals surface area contributed by atoms with Gasteiger partial charge in [-0.15, -0.1) is 0 Å². The molecule has 1 aromatic heterocycles. The fourth-order valence-electron chi connectivity index (χ4n) is 2.18. The number of nitrogens with one attached hydrogen (secondary N) is 1. The maximum atomic E-state index is 11.6. The van der Waals surface area contributed by atoms with Crippen LogP contribution in [0.25, 0.3) is 10.9 Å². The summed E-state index contributed by atoms with van der Waals surface area (Å²) in [6.45, 7) is 0.848. The number of nitrogens with zero attached hydrogens (tertiary/aromatic N) is 1. The lowest BCUT2D eigenvalue weighted by molar-refractivity contribution is -0.117. The molecule has 1 fully saturated rings. The average molecular weight is 200 g/mol. The van der Waals surface area contributed by atoms with E-state index in [-0.39, 0.29) is 5.91 Å². The van der Waals surface area contributed by atoms with Crippen LogP contribution < -0.4 is 4.90 Å². The maximum Gasteiger partial charge on any atom is 0.227 e. The molecule has 2 heterocycles. The molecule has 1 amide bonds. The molecule has 1 N–H and O–H groups in total. The van der Waals surface area contributed by atoms with Crippen molar-refractivity contribution in [2.45, 2.75) is 12.8 Å². The molecule has 1 aliphatic heterocycles. The number of benzene rings is 1. The van der Waals surface area contributed by atoms with Gasteiger partial charge in [-0.1, -0.05) is 18.2 Å². The Labute approximate surface area is 87.7 Å². The Morgan fingerprint density at radius 1 is 1.27 bits per heavy atom. The van der Waals surface area contributed by atoms with Gasteiger partial charge >= 0.3 is 0 Å². The summed E-state index contributed by atoms with van der Waals surface area (Å²) >= 11 is 0. The van der Waals surface area contributed by atoms with Crippen molar-refractivity contribution in [3.8, 4) is 0 Å². The second-order valence-electron chi connectivity index (χ2n) is 3.87. The van der Waals surface area contributed by atoms with Crippen LogP contribution in [0.15, 0.2) is 30.5 Å². The summed E-state index contributed by atoms with van der Waals surface area (Å²) in [4.78, 5) is 16.7. The quantitative estimate of drug-likeness (QED) is 0.753. The number of fused-ring (bicyclic) bond motifs is 1. The number of carbonyl (C=O) groups excluding carboxylic acids is 1. The Bertz CT molecular complexity index is 515. The number of hydrogen-bond acceptors (Lipinski definition) is 1. The van der Waals surface area contributed by atoms with E-state index in [1.165, 1.54) is 0 Å². The third-order valence-corrected chi connectivity index (χ3v) is 2.93. The first-order valence-electron chi connectivity index (χ1n) is 5.23. The van der Waals surface area contributed by atoms with Gasteiger partial charge in [0, 0.05) is 30.1 Å². The van der Waals surface area contributed by atoms with E-state index in [1.807, 2.05) is 35.4 Å². The predicted octanol–water partition coefficient (Wildman–Crippen LogP) is 2.29. The Balaban J connectivity index is 2.14. The van der Waals surface area contributed by atoms with Gasteiger partial charge in [-0.2, -0.15) is 0 Å². The predicted molar refractivity (Wildman–Crippen MR) is 59.9 cm³/mol. The Morgan fingerprint density at radius 3 is 2.93 bits per heavy atom. The molecule has 2 aromatic rings. The van der Waals surface area contributed by atoms with Crippen LogP contribution in [0.5, 0.6) is 0 Å². The van der Waals surface area contributed by atoms with Gasteiger partial charge in [0.15, 0.2) is 0 Å². The van der Waals surface area contributed by atoms with Gasteiger partial charge in [0.25, 0.3) is 0 Å². The third-order valence-electron chi connectivity index (χ3n) is 2.93. The zero-order chi connectivity index (χ0) is 10.3. The van der Waals surface area contributed by atoms with E-state index in [2.05, 4.69) is 4.98 Å². The third kappa shape index (κ3) is 1.23. The topological polar surface area (TPSA) is 36.1 Å². The Morgan fingerprint density at radius 2 is 2.13 bits per heavy atom. The van der Waals surface area contributed by atoms with E-state index in [1.54, 1.807) is 0 Å². The molecule has 0 unspecified atom stereocenters. The molecule has 15 heavy (non-hydrogen) atoms. The standard InChI is InChI=1S/C12H12N2O/c15-12-6-3-7-14(12)11-8-13-10-5-2-1-4-9(10)11/h1-2,4-5,8,13H,3,6-7H2. The monoisotopic (exact) mass is 200 g/mol. The molecule has 1 aromatic carbocycles. The minimum atomic E-state index is 0.236. The Hall–Kier alpha value is -1.77. The minimum absolute atomic E-state index is 0.236. The van der Waals surface area contributed by atoms with Crippen molar-refractivity contribution < 1.29 is 4.79 Å². The first kappa shape index (κ1) is 8.53. The van der Waals surface area contributed by atoms with Crippen LogP contribution in [0.1, 0.15) is 12.8 Å². The fraction of sp³-hybridized carbons (Fsp3) is 0.250. The molecule has 0 saturated carbocycles. The molecular formula is C12H12N2O. The number of rotatable bonds is 1. The summed E-state index contributed by atoms with van der Waals surface area (Å²) in [6.07, 6.45) is 3.58. The Kier molecular flexibility index (Phi) is 1.78. The lowest BCUT2D eigenvalue weighted by Gasteiger charge is -2.13. The smallest absolute Gasteiger partial charge is 0.227 e. The van der Waals surface area contributed by atoms with Crippen LogP contribution in [-0.2, 0) is 4.79 Å². The highest BCUT2D eigenvalue weighted by Crippen LogP contribution is 2.29. The summed E-state index contributed by atoms with van der Waals surface area (Å²) in [5.74, 6) is 0.236. The van der Waals surface area contributed by atoms with Crippen molar-refractivity contribution in [3.63, 3.8) is 0 Å². The molecule has 3 heteroatoms. The summed E-state index contributed by atoms with van der Waals surface area (Å²) in [6, 6.07) is 8.07. The van der Waals surface area contributed by atoms with Crippen LogP contribution >= 0.6 is 0 Å². The minimum Gasteiger partial charge on any atom is -0.359 e. The van der Waals surface area contributed by atoms with Crippen LogP contribution in [0, 0.1) is 0 Å². The van der Waals surface area contributed by atoms with E-state index in [4.69, 9.17) is 0 Å². The van der Waals surface area contributed by atoms with Gasteiger partial charge in [-0.05, 0) is 12.5 Å². The fourth-order valence-corrected chi connectivity index (χ4v) is 2.18. The molecule has 0 spiro atoms. The van der Waals surface area contributed by atoms with Gasteiger partial charge in [-0.3, -0.25) is 4.79 Å². The van der Waals surface area contributed by atoms with Crippen LogP contribution in [0.2, 0.25) is 0 Å². The molecule has 0 atom stereocenters. The van der Waals surface area contributed by atoms with E-state index in [0.29, 0.717) is 6.42 Å². The normalized spacial score (nSPS) is 16.5. The molecule has 3 rings (SSSR count). The van der Waals surface area contributed by atoms with Crippen molar-refractivity contribution in [1.82, 2.24) is 4.98 Å². The summed E-state index contributed by atoms with van der Waals surface area (Å²) in [5.41, 5.74) is 2.11. The van der Waals surface area contributed by atoms with Crippen molar-refractivity contribution >= 4 is 22.5 Å². The molecule has 0 radical (unpaired) electrons. The maximum absolute atomic E-state index is 11.6. The van der Waals surface area contributed by atoms with E-state index >= 15 is 0 Å². The number of anilines is 1. The zero-order valence-corrected chi connectivity index (χ0v) is 8.36. The molecular weight excluding hydrogens is 188 g/mol. The molecule has 0 bridgehead atoms. The SMILES string of the molecule is O=C1CCCN1c1c[nH]c2ccccc12. The molecule has 76 valence electrons. The first-order chi connectivity index (χ1) is 7.36. The highest BCUT2D eigenvalue weighted by Gasteiger charge is 2.23. The van der Waals surface area contributed by atoms with E-state index < -0.39 is 0 Å². The van der Waals surface area contributed by atoms with Crippen molar-refractivity contribution in [2.24, 2.45) is 0 Å². The summed E-state index contributed by atoms with van der Waals surface area (Å²) in [7, 11) is 0. The first-order valence-corrected chi connectivity index (χ1v) is 5.23. The zero-order valence-electron chi connectivity index (χ0n) is 8.36. The highest BCUT2D eigenvalue weighted by atomic mass is 16.2. The van der Waals surface area contributed by atoms with Crippen LogP contribution in [-0.4, -0.2) is 17.4 Å². The second-order valence-corrected chi connectivity index (χ2v) is 3.87. The lowest BCUT2D eigenvalue weighted by atomic mass is 10.2. The highest BCUT2D eigenvalue weighted by molar-refractivity contribution is 6.04. The second kappa shape index (κ2) is 3.12. The van der Waals surface area contributed by atoms with Gasteiger partial charge in [0.05, 0.1) is 5.69 Å². The summed E-state index contributed by atoms with van der Waals surface area (Å²) < 4.78 is 0. The number of aromatic nitrogens is 1. The molecule has 3 nitrogen and oxygen atoms in total. The summed E-state index contributed by atoms with van der Waals surface area (Å²) in [5, 5.41) is 1.13. The average Bonchev–Trinajstić information content (AvgIpc) is 2.83. The van der Waals surface area contributed by atoms with Crippen molar-refractivity contribution in [1.29, 1.82) is 0 Å². The van der Waals surface area contributed by atoms with E-state index in [0.717, 1.165) is 29.6 Å². The van der Waals surface area contributed by atoms with Gasteiger partial charge in [0.2, 0.25) is 5.91 Å². The lowest BCUT2D eigenvalue weighted by Crippen LogP contribution is -2.23. The van der Waals surface area contributed by atoms with Gasteiger partial charge in [0.1, 0.15) is 0 Å². The van der Waals surface area contributed by atoms with Crippen molar-refractivity contribution in [3.05, 3.63) is 30.5 Å². The van der Waals surface area contributed by atoms with Gasteiger partial charge < -0.3 is 9.88 Å². The number of amides is 1. The van der Waals surface area contributed by atoms with Crippen LogP contribution in [0.3, 0.4) is 0 Å².